The van der Waals surface area contributed by atoms with Crippen molar-refractivity contribution in [3.8, 4) is 0 Å². The molecule has 13 heavy (non-hydrogen) atoms. The Morgan fingerprint density at radius 3 is 2.85 bits per heavy atom. The molecule has 1 radical (unpaired) electrons. The third kappa shape index (κ3) is 1.96. The average molecular weight is 238 g/mol. The highest BCUT2D eigenvalue weighted by molar-refractivity contribution is 9.09. The Kier molecular flexibility index (Phi) is 2.73. The minimum absolute atomic E-state index is 0.852. The Morgan fingerprint density at radius 2 is 2.23 bits per heavy atom. The first kappa shape index (κ1) is 9.26. The van der Waals surface area contributed by atoms with Gasteiger partial charge in [0, 0.05) is 5.33 Å². The van der Waals surface area contributed by atoms with Crippen LogP contribution in [-0.2, 0) is 6.42 Å². The van der Waals surface area contributed by atoms with Gasteiger partial charge in [-0.05, 0) is 54.9 Å². The number of hydrogen-bond acceptors (Lipinski definition) is 0. The van der Waals surface area contributed by atoms with Gasteiger partial charge in [-0.1, -0.05) is 28.1 Å². The standard InChI is InChI=1S/C12H14Br/c1-9-3-2-4-12(10-5-6-10)11(9)7-8-13/h3-4,10H,5-8H2,1H3. The topological polar surface area (TPSA) is 0 Å². The molecule has 0 nitrogen and oxygen atoms in total. The van der Waals surface area contributed by atoms with Crippen LogP contribution >= 0.6 is 15.9 Å². The summed E-state index contributed by atoms with van der Waals surface area (Å²) in [4.78, 5) is 0. The molecule has 1 aliphatic rings. The van der Waals surface area contributed by atoms with Crippen LogP contribution in [0.25, 0.3) is 0 Å². The summed E-state index contributed by atoms with van der Waals surface area (Å²) < 4.78 is 0. The molecular formula is C12H14Br. The van der Waals surface area contributed by atoms with Crippen LogP contribution < -0.4 is 0 Å². The molecule has 0 spiro atoms. The fourth-order valence-electron chi connectivity index (χ4n) is 1.85. The van der Waals surface area contributed by atoms with E-state index in [-0.39, 0.29) is 0 Å². The third-order valence-electron chi connectivity index (χ3n) is 2.72. The van der Waals surface area contributed by atoms with E-state index in [0.717, 1.165) is 17.7 Å². The molecule has 0 saturated heterocycles. The van der Waals surface area contributed by atoms with Gasteiger partial charge in [0.25, 0.3) is 0 Å². The highest BCUT2D eigenvalue weighted by Crippen LogP contribution is 2.42. The van der Waals surface area contributed by atoms with E-state index in [1.807, 2.05) is 0 Å². The molecule has 1 saturated carbocycles. The molecule has 1 aliphatic carbocycles. The van der Waals surface area contributed by atoms with Crippen molar-refractivity contribution >= 4 is 15.9 Å². The zero-order chi connectivity index (χ0) is 9.26. The first-order valence-electron chi connectivity index (χ1n) is 4.88. The molecule has 1 fully saturated rings. The van der Waals surface area contributed by atoms with Crippen LogP contribution in [0.15, 0.2) is 12.1 Å². The first-order valence-corrected chi connectivity index (χ1v) is 6.00. The lowest BCUT2D eigenvalue weighted by atomic mass is 9.97. The predicted molar refractivity (Wildman–Crippen MR) is 59.5 cm³/mol. The maximum Gasteiger partial charge on any atom is 0.00720 e. The van der Waals surface area contributed by atoms with Crippen LogP contribution in [0.4, 0.5) is 0 Å². The van der Waals surface area contributed by atoms with Crippen LogP contribution in [0.3, 0.4) is 0 Å². The second-order valence-corrected chi connectivity index (χ2v) is 4.58. The molecule has 0 amide bonds. The molecule has 1 aromatic rings. The van der Waals surface area contributed by atoms with E-state index >= 15 is 0 Å². The lowest BCUT2D eigenvalue weighted by molar-refractivity contribution is 1.02. The molecule has 0 atom stereocenters. The number of aryl methyl sites for hydroxylation is 1. The molecule has 0 N–H and O–H groups in total. The Morgan fingerprint density at radius 1 is 1.46 bits per heavy atom. The van der Waals surface area contributed by atoms with E-state index in [9.17, 15) is 0 Å². The predicted octanol–water partition coefficient (Wildman–Crippen LogP) is 3.61. The molecule has 0 bridgehead atoms. The smallest absolute Gasteiger partial charge is 0.00720 e. The van der Waals surface area contributed by atoms with Gasteiger partial charge in [0.1, 0.15) is 0 Å². The number of benzene rings is 1. The largest absolute Gasteiger partial charge is 0.0924 e. The summed E-state index contributed by atoms with van der Waals surface area (Å²) in [7, 11) is 0. The Labute approximate surface area is 88.5 Å². The van der Waals surface area contributed by atoms with Crippen LogP contribution in [0.2, 0.25) is 0 Å². The quantitative estimate of drug-likeness (QED) is 0.705. The Hall–Kier alpha value is -0.300. The number of halogens is 1. The fraction of sp³-hybridized carbons (Fsp3) is 0.500. The lowest BCUT2D eigenvalue weighted by Crippen LogP contribution is -1.96. The summed E-state index contributed by atoms with van der Waals surface area (Å²) in [5.41, 5.74) is 4.52. The van der Waals surface area contributed by atoms with E-state index in [1.165, 1.54) is 18.4 Å². The van der Waals surface area contributed by atoms with Gasteiger partial charge in [-0.3, -0.25) is 0 Å². The molecule has 1 aromatic carbocycles. The summed E-state index contributed by atoms with van der Waals surface area (Å²) in [5, 5.41) is 1.07. The second-order valence-electron chi connectivity index (χ2n) is 3.79. The number of rotatable bonds is 3. The van der Waals surface area contributed by atoms with E-state index in [0.29, 0.717) is 0 Å². The van der Waals surface area contributed by atoms with Crippen LogP contribution in [0.5, 0.6) is 0 Å². The lowest BCUT2D eigenvalue weighted by Gasteiger charge is -2.10. The summed E-state index contributed by atoms with van der Waals surface area (Å²) in [6.45, 7) is 2.19. The highest BCUT2D eigenvalue weighted by Gasteiger charge is 2.25. The van der Waals surface area contributed by atoms with Crippen molar-refractivity contribution in [3.05, 3.63) is 34.9 Å². The van der Waals surface area contributed by atoms with E-state index in [4.69, 9.17) is 0 Å². The number of hydrogen-bond donors (Lipinski definition) is 0. The summed E-state index contributed by atoms with van der Waals surface area (Å²) in [6.07, 6.45) is 3.92. The summed E-state index contributed by atoms with van der Waals surface area (Å²) >= 11 is 3.51. The van der Waals surface area contributed by atoms with Crippen LogP contribution in [0, 0.1) is 13.0 Å². The molecule has 0 aliphatic heterocycles. The van der Waals surface area contributed by atoms with Gasteiger partial charge in [-0.15, -0.1) is 0 Å². The van der Waals surface area contributed by atoms with Gasteiger partial charge >= 0.3 is 0 Å². The van der Waals surface area contributed by atoms with Crippen LogP contribution in [0.1, 0.15) is 35.4 Å². The second kappa shape index (κ2) is 3.83. The van der Waals surface area contributed by atoms with Gasteiger partial charge in [0.15, 0.2) is 0 Å². The molecule has 1 heteroatoms. The van der Waals surface area contributed by atoms with Crippen molar-refractivity contribution in [2.45, 2.75) is 32.1 Å². The van der Waals surface area contributed by atoms with Crippen molar-refractivity contribution in [2.24, 2.45) is 0 Å². The molecule has 0 heterocycles. The normalized spacial score (nSPS) is 16.2. The fourth-order valence-corrected chi connectivity index (χ4v) is 2.25. The Balaban J connectivity index is 2.35. The summed E-state index contributed by atoms with van der Waals surface area (Å²) in [5.74, 6) is 0.852. The van der Waals surface area contributed by atoms with Gasteiger partial charge in [0.05, 0.1) is 0 Å². The van der Waals surface area contributed by atoms with Gasteiger partial charge < -0.3 is 0 Å². The van der Waals surface area contributed by atoms with Crippen molar-refractivity contribution in [2.75, 3.05) is 5.33 Å². The van der Waals surface area contributed by atoms with E-state index < -0.39 is 0 Å². The maximum absolute atomic E-state index is 3.51. The third-order valence-corrected chi connectivity index (χ3v) is 3.12. The first-order chi connectivity index (χ1) is 6.33. The molecular weight excluding hydrogens is 224 g/mol. The van der Waals surface area contributed by atoms with Crippen molar-refractivity contribution < 1.29 is 0 Å². The maximum atomic E-state index is 3.51. The molecule has 69 valence electrons. The number of alkyl halides is 1. The average Bonchev–Trinajstić information content (AvgIpc) is 2.92. The van der Waals surface area contributed by atoms with Crippen molar-refractivity contribution in [1.29, 1.82) is 0 Å². The minimum Gasteiger partial charge on any atom is -0.0924 e. The molecule has 0 aromatic heterocycles. The van der Waals surface area contributed by atoms with Gasteiger partial charge in [-0.25, -0.2) is 0 Å². The van der Waals surface area contributed by atoms with Gasteiger partial charge in [0.2, 0.25) is 0 Å². The van der Waals surface area contributed by atoms with E-state index in [1.54, 1.807) is 11.1 Å². The van der Waals surface area contributed by atoms with Gasteiger partial charge in [-0.2, -0.15) is 0 Å². The SMILES string of the molecule is Cc1c[c]cc(C2CC2)c1CCBr. The van der Waals surface area contributed by atoms with Crippen molar-refractivity contribution in [1.82, 2.24) is 0 Å². The zero-order valence-electron chi connectivity index (χ0n) is 7.94. The van der Waals surface area contributed by atoms with Crippen LogP contribution in [-0.4, -0.2) is 5.33 Å². The minimum atomic E-state index is 0.852. The zero-order valence-corrected chi connectivity index (χ0v) is 9.52. The monoisotopic (exact) mass is 237 g/mol. The van der Waals surface area contributed by atoms with Crippen molar-refractivity contribution in [3.63, 3.8) is 0 Å². The Bertz CT molecular complexity index is 300. The molecule has 2 rings (SSSR count). The molecule has 0 unspecified atom stereocenters. The van der Waals surface area contributed by atoms with E-state index in [2.05, 4.69) is 41.1 Å². The highest BCUT2D eigenvalue weighted by atomic mass is 79.9. The summed E-state index contributed by atoms with van der Waals surface area (Å²) in [6, 6.07) is 7.52.